The van der Waals surface area contributed by atoms with Gasteiger partial charge in [-0.2, -0.15) is 0 Å². The lowest BCUT2D eigenvalue weighted by atomic mass is 10.3. The van der Waals surface area contributed by atoms with E-state index in [4.69, 9.17) is 16.0 Å². The third kappa shape index (κ3) is 1.67. The molecule has 0 saturated heterocycles. The molecular weight excluding hydrogens is 254 g/mol. The van der Waals surface area contributed by atoms with Gasteiger partial charge >= 0.3 is 0 Å². The lowest BCUT2D eigenvalue weighted by Gasteiger charge is -2.04. The number of para-hydroxylation sites is 1. The Balaban J connectivity index is 2.14. The number of rotatable bonds is 2. The van der Waals surface area contributed by atoms with Crippen LogP contribution >= 0.6 is 11.6 Å². The van der Waals surface area contributed by atoms with E-state index in [9.17, 15) is 0 Å². The second kappa shape index (κ2) is 4.23. The van der Waals surface area contributed by atoms with E-state index in [0.717, 1.165) is 11.4 Å². The Morgan fingerprint density at radius 1 is 1.22 bits per heavy atom. The van der Waals surface area contributed by atoms with Gasteiger partial charge in [0.15, 0.2) is 5.69 Å². The third-order valence-corrected chi connectivity index (χ3v) is 2.86. The number of benzene rings is 1. The Hall–Kier alpha value is -2.21. The molecule has 7 heteroatoms. The van der Waals surface area contributed by atoms with Gasteiger partial charge in [-0.1, -0.05) is 28.9 Å². The second-order valence-corrected chi connectivity index (χ2v) is 4.04. The summed E-state index contributed by atoms with van der Waals surface area (Å²) in [4.78, 5) is 0. The van der Waals surface area contributed by atoms with Crippen LogP contribution in [0.2, 0.25) is 5.02 Å². The SMILES string of the molecule is Cc1c(-c2nnco2)nnn1-c1ccccc1Cl. The number of aromatic nitrogens is 5. The Labute approximate surface area is 107 Å². The zero-order valence-electron chi connectivity index (χ0n) is 9.41. The first-order valence-corrected chi connectivity index (χ1v) is 5.59. The lowest BCUT2D eigenvalue weighted by molar-refractivity contribution is 0.566. The van der Waals surface area contributed by atoms with E-state index < -0.39 is 0 Å². The standard InChI is InChI=1S/C11H8ClN5O/c1-7-10(11-15-13-6-18-11)14-16-17(7)9-5-3-2-4-8(9)12/h2-6H,1H3. The Kier molecular flexibility index (Phi) is 2.56. The van der Waals surface area contributed by atoms with Crippen LogP contribution in [-0.4, -0.2) is 25.2 Å². The second-order valence-electron chi connectivity index (χ2n) is 3.63. The van der Waals surface area contributed by atoms with Crippen molar-refractivity contribution >= 4 is 11.6 Å². The Bertz CT molecular complexity index is 677. The van der Waals surface area contributed by atoms with E-state index in [2.05, 4.69) is 20.5 Å². The molecule has 90 valence electrons. The summed E-state index contributed by atoms with van der Waals surface area (Å²) in [5.41, 5.74) is 2.09. The molecule has 0 radical (unpaired) electrons. The van der Waals surface area contributed by atoms with Crippen LogP contribution < -0.4 is 0 Å². The van der Waals surface area contributed by atoms with Crippen LogP contribution in [0, 0.1) is 6.92 Å². The van der Waals surface area contributed by atoms with Gasteiger partial charge in [0.2, 0.25) is 6.39 Å². The third-order valence-electron chi connectivity index (χ3n) is 2.54. The summed E-state index contributed by atoms with van der Waals surface area (Å²) < 4.78 is 6.75. The summed E-state index contributed by atoms with van der Waals surface area (Å²) in [6.07, 6.45) is 1.25. The zero-order valence-corrected chi connectivity index (χ0v) is 10.2. The molecule has 0 N–H and O–H groups in total. The maximum absolute atomic E-state index is 6.12. The van der Waals surface area contributed by atoms with Crippen LogP contribution in [0.1, 0.15) is 5.69 Å². The van der Waals surface area contributed by atoms with Crippen molar-refractivity contribution in [3.63, 3.8) is 0 Å². The fraction of sp³-hybridized carbons (Fsp3) is 0.0909. The van der Waals surface area contributed by atoms with Crippen LogP contribution in [0.4, 0.5) is 0 Å². The number of nitrogens with zero attached hydrogens (tertiary/aromatic N) is 5. The minimum atomic E-state index is 0.339. The van der Waals surface area contributed by atoms with Gasteiger partial charge in [-0.25, -0.2) is 4.68 Å². The molecule has 0 bridgehead atoms. The average molecular weight is 262 g/mol. The minimum absolute atomic E-state index is 0.339. The molecule has 0 fully saturated rings. The molecule has 0 aliphatic heterocycles. The largest absolute Gasteiger partial charge is 0.422 e. The van der Waals surface area contributed by atoms with Gasteiger partial charge in [-0.05, 0) is 19.1 Å². The van der Waals surface area contributed by atoms with E-state index in [1.807, 2.05) is 25.1 Å². The van der Waals surface area contributed by atoms with E-state index >= 15 is 0 Å². The summed E-state index contributed by atoms with van der Waals surface area (Å²) in [7, 11) is 0. The molecule has 0 spiro atoms. The monoisotopic (exact) mass is 261 g/mol. The van der Waals surface area contributed by atoms with E-state index in [1.165, 1.54) is 6.39 Å². The first kappa shape index (κ1) is 10.9. The van der Waals surface area contributed by atoms with Crippen molar-refractivity contribution in [2.45, 2.75) is 6.92 Å². The maximum atomic E-state index is 6.12. The number of hydrogen-bond donors (Lipinski definition) is 0. The van der Waals surface area contributed by atoms with Crippen molar-refractivity contribution in [1.82, 2.24) is 25.2 Å². The van der Waals surface area contributed by atoms with Crippen LogP contribution in [0.25, 0.3) is 17.3 Å². The number of halogens is 1. The molecule has 3 rings (SSSR count). The molecule has 3 aromatic rings. The van der Waals surface area contributed by atoms with Gasteiger partial charge in [0, 0.05) is 0 Å². The highest BCUT2D eigenvalue weighted by Crippen LogP contribution is 2.24. The van der Waals surface area contributed by atoms with Gasteiger partial charge in [-0.15, -0.1) is 15.3 Å². The molecule has 2 heterocycles. The summed E-state index contributed by atoms with van der Waals surface area (Å²) in [5.74, 6) is 0.339. The van der Waals surface area contributed by atoms with Crippen molar-refractivity contribution in [2.24, 2.45) is 0 Å². The Morgan fingerprint density at radius 3 is 2.78 bits per heavy atom. The smallest absolute Gasteiger partial charge is 0.269 e. The first-order chi connectivity index (χ1) is 8.77. The average Bonchev–Trinajstić information content (AvgIpc) is 2.99. The molecule has 0 saturated carbocycles. The van der Waals surface area contributed by atoms with Crippen molar-refractivity contribution in [1.29, 1.82) is 0 Å². The fourth-order valence-electron chi connectivity index (χ4n) is 1.66. The van der Waals surface area contributed by atoms with E-state index in [1.54, 1.807) is 10.7 Å². The molecule has 0 aliphatic carbocycles. The zero-order chi connectivity index (χ0) is 12.5. The van der Waals surface area contributed by atoms with Crippen LogP contribution in [0.15, 0.2) is 35.1 Å². The lowest BCUT2D eigenvalue weighted by Crippen LogP contribution is -1.99. The topological polar surface area (TPSA) is 69.6 Å². The highest BCUT2D eigenvalue weighted by atomic mass is 35.5. The fourth-order valence-corrected chi connectivity index (χ4v) is 1.87. The number of hydrogen-bond acceptors (Lipinski definition) is 5. The normalized spacial score (nSPS) is 10.8. The highest BCUT2D eigenvalue weighted by molar-refractivity contribution is 6.32. The molecule has 0 unspecified atom stereocenters. The maximum Gasteiger partial charge on any atom is 0.269 e. The first-order valence-electron chi connectivity index (χ1n) is 5.21. The van der Waals surface area contributed by atoms with Gasteiger partial charge in [0.05, 0.1) is 16.4 Å². The predicted octanol–water partition coefficient (Wildman–Crippen LogP) is 2.28. The Morgan fingerprint density at radius 2 is 2.06 bits per heavy atom. The van der Waals surface area contributed by atoms with Crippen LogP contribution in [-0.2, 0) is 0 Å². The highest BCUT2D eigenvalue weighted by Gasteiger charge is 2.16. The molecule has 6 nitrogen and oxygen atoms in total. The van der Waals surface area contributed by atoms with Gasteiger partial charge in [0.1, 0.15) is 0 Å². The van der Waals surface area contributed by atoms with E-state index in [-0.39, 0.29) is 0 Å². The van der Waals surface area contributed by atoms with Crippen LogP contribution in [0.5, 0.6) is 0 Å². The summed E-state index contributed by atoms with van der Waals surface area (Å²) in [5, 5.41) is 16.1. The van der Waals surface area contributed by atoms with Gasteiger partial charge in [0.25, 0.3) is 5.89 Å². The van der Waals surface area contributed by atoms with Crippen molar-refractivity contribution in [3.05, 3.63) is 41.4 Å². The van der Waals surface area contributed by atoms with Crippen molar-refractivity contribution in [3.8, 4) is 17.3 Å². The van der Waals surface area contributed by atoms with Gasteiger partial charge in [-0.3, -0.25) is 0 Å². The summed E-state index contributed by atoms with van der Waals surface area (Å²) >= 11 is 6.12. The van der Waals surface area contributed by atoms with Crippen molar-refractivity contribution < 1.29 is 4.42 Å². The quantitative estimate of drug-likeness (QED) is 0.708. The minimum Gasteiger partial charge on any atom is -0.422 e. The molecule has 18 heavy (non-hydrogen) atoms. The molecule has 0 aliphatic rings. The molecule has 1 aromatic carbocycles. The van der Waals surface area contributed by atoms with Crippen LogP contribution in [0.3, 0.4) is 0 Å². The molecule has 0 atom stereocenters. The summed E-state index contributed by atoms with van der Waals surface area (Å²) in [6.45, 7) is 1.86. The van der Waals surface area contributed by atoms with E-state index in [0.29, 0.717) is 16.6 Å². The predicted molar refractivity (Wildman–Crippen MR) is 64.4 cm³/mol. The molecule has 0 amide bonds. The molecular formula is C11H8ClN5O. The van der Waals surface area contributed by atoms with Gasteiger partial charge < -0.3 is 4.42 Å². The van der Waals surface area contributed by atoms with Crippen molar-refractivity contribution in [2.75, 3.05) is 0 Å². The molecule has 2 aromatic heterocycles. The summed E-state index contributed by atoms with van der Waals surface area (Å²) in [6, 6.07) is 7.40.